The van der Waals surface area contributed by atoms with Crippen molar-refractivity contribution in [3.8, 4) is 33.4 Å². The molecule has 0 aliphatic heterocycles. The number of hydrogen-bond acceptors (Lipinski definition) is 11. The summed E-state index contributed by atoms with van der Waals surface area (Å²) < 4.78 is 17.7. The van der Waals surface area contributed by atoms with Gasteiger partial charge < -0.3 is 4.74 Å². The molecule has 0 unspecified atom stereocenters. The van der Waals surface area contributed by atoms with Crippen molar-refractivity contribution in [3.05, 3.63) is 140 Å². The Labute approximate surface area is 338 Å². The molecule has 0 amide bonds. The van der Waals surface area contributed by atoms with Gasteiger partial charge in [-0.15, -0.1) is 34.0 Å². The van der Waals surface area contributed by atoms with E-state index in [9.17, 15) is 9.18 Å². The second-order valence-electron chi connectivity index (χ2n) is 11.0. The lowest BCUT2D eigenvalue weighted by Gasteiger charge is -2.04. The highest BCUT2D eigenvalue weighted by molar-refractivity contribution is 7.21. The van der Waals surface area contributed by atoms with E-state index in [1.807, 2.05) is 71.4 Å². The predicted octanol–water partition coefficient (Wildman–Crippen LogP) is 12.6. The van der Waals surface area contributed by atoms with Crippen molar-refractivity contribution in [2.24, 2.45) is 0 Å². The third kappa shape index (κ3) is 7.91. The number of thiophene rings is 3. The van der Waals surface area contributed by atoms with E-state index < -0.39 is 5.97 Å². The lowest BCUT2D eigenvalue weighted by atomic mass is 10.0. The summed E-state index contributed by atoms with van der Waals surface area (Å²) in [6, 6.07) is 25.9. The molecule has 0 radical (unpaired) electrons. The molecule has 0 aliphatic carbocycles. The number of ether oxygens (including phenoxy) is 1. The fourth-order valence-corrected chi connectivity index (χ4v) is 9.51. The largest absolute Gasteiger partial charge is 0.465 e. The van der Waals surface area contributed by atoms with Crippen LogP contribution in [0.15, 0.2) is 108 Å². The van der Waals surface area contributed by atoms with Crippen LogP contribution >= 0.6 is 80.4 Å². The van der Waals surface area contributed by atoms with Crippen molar-refractivity contribution < 1.29 is 13.9 Å². The van der Waals surface area contributed by atoms with E-state index in [1.165, 1.54) is 65.9 Å². The highest BCUT2D eigenvalue weighted by atomic mass is 35.5. The lowest BCUT2D eigenvalue weighted by molar-refractivity contribution is 0.0607. The molecule has 0 spiro atoms. The number of aromatic nitrogens is 6. The third-order valence-electron chi connectivity index (χ3n) is 7.80. The molecular weight excluding hydrogens is 829 g/mol. The maximum absolute atomic E-state index is 12.9. The van der Waals surface area contributed by atoms with Crippen LogP contribution in [-0.4, -0.2) is 43.0 Å². The molecule has 0 atom stereocenters. The van der Waals surface area contributed by atoms with Gasteiger partial charge >= 0.3 is 5.97 Å². The van der Waals surface area contributed by atoms with E-state index in [0.29, 0.717) is 30.6 Å². The molecule has 0 aliphatic rings. The molecule has 16 heteroatoms. The Hall–Kier alpha value is -4.66. The zero-order valence-electron chi connectivity index (χ0n) is 27.5. The summed E-state index contributed by atoms with van der Waals surface area (Å²) in [7, 11) is 1.36. The van der Waals surface area contributed by atoms with Crippen molar-refractivity contribution >= 4 is 117 Å². The molecule has 0 saturated carbocycles. The van der Waals surface area contributed by atoms with E-state index in [-0.39, 0.29) is 11.1 Å². The van der Waals surface area contributed by atoms with Crippen LogP contribution in [0.3, 0.4) is 0 Å². The van der Waals surface area contributed by atoms with Gasteiger partial charge in [-0.2, -0.15) is 0 Å². The number of carbonyl (C=O) groups is 1. The summed E-state index contributed by atoms with van der Waals surface area (Å²) in [4.78, 5) is 39.3. The van der Waals surface area contributed by atoms with Gasteiger partial charge in [0.05, 0.1) is 23.3 Å². The lowest BCUT2D eigenvalue weighted by Crippen LogP contribution is -1.99. The molecule has 54 heavy (non-hydrogen) atoms. The number of methoxy groups -OCH3 is 1. The van der Waals surface area contributed by atoms with E-state index >= 15 is 0 Å². The van der Waals surface area contributed by atoms with E-state index in [2.05, 4.69) is 29.9 Å². The monoisotopic (exact) mass is 848 g/mol. The van der Waals surface area contributed by atoms with Crippen molar-refractivity contribution in [2.75, 3.05) is 7.11 Å². The summed E-state index contributed by atoms with van der Waals surface area (Å²) in [5.41, 5.74) is 5.61. The zero-order valence-corrected chi connectivity index (χ0v) is 33.0. The number of hydrogen-bond donors (Lipinski definition) is 0. The number of halogens is 5. The topological polar surface area (TPSA) is 104 Å². The minimum atomic E-state index is -0.400. The Morgan fingerprint density at radius 1 is 0.611 bits per heavy atom. The van der Waals surface area contributed by atoms with Gasteiger partial charge in [-0.05, 0) is 40.4 Å². The van der Waals surface area contributed by atoms with Crippen LogP contribution in [0, 0.1) is 5.82 Å². The standard InChI is InChI=1S/C14H9ClN2O2S.C12H6Cl2N2S.C12H6ClFN2S/c1-19-14(18)11-9(8-5-3-2-4-6-8)10-12(15)16-7-17-13(10)20-11;13-10-9-8(7-4-2-1-3-5-7)6-17-11(9)16-12(14)15-10;13-11-10-9(5-17-12(10)16-6-15-11)7-1-3-8(14)4-2-7/h2-7H,1H3;2*1-6H. The van der Waals surface area contributed by atoms with Crippen LogP contribution < -0.4 is 0 Å². The van der Waals surface area contributed by atoms with E-state index in [1.54, 1.807) is 12.1 Å². The number of esters is 1. The quantitative estimate of drug-likeness (QED) is 0.0980. The molecule has 0 N–H and O–H groups in total. The third-order valence-corrected chi connectivity index (χ3v) is 11.7. The maximum atomic E-state index is 12.9. The minimum absolute atomic E-state index is 0.184. The zero-order chi connectivity index (χ0) is 37.8. The fraction of sp³-hybridized carbons (Fsp3) is 0.0263. The molecule has 6 heterocycles. The van der Waals surface area contributed by atoms with Gasteiger partial charge in [-0.3, -0.25) is 0 Å². The summed E-state index contributed by atoms with van der Waals surface area (Å²) in [6.45, 7) is 0. The first-order valence-corrected chi connectivity index (χ1v) is 19.7. The summed E-state index contributed by atoms with van der Waals surface area (Å²) in [5.74, 6) is -0.654. The number of rotatable bonds is 4. The predicted molar refractivity (Wildman–Crippen MR) is 220 cm³/mol. The van der Waals surface area contributed by atoms with Gasteiger partial charge in [0, 0.05) is 27.5 Å². The molecule has 9 aromatic rings. The highest BCUT2D eigenvalue weighted by Gasteiger charge is 2.23. The molecular formula is C38H21Cl4FN6O2S3. The molecule has 268 valence electrons. The Balaban J connectivity index is 0.000000126. The first kappa shape index (κ1) is 37.6. The maximum Gasteiger partial charge on any atom is 0.348 e. The van der Waals surface area contributed by atoms with Crippen molar-refractivity contribution in [1.82, 2.24) is 29.9 Å². The summed E-state index contributed by atoms with van der Waals surface area (Å²) in [5, 5.41) is 7.71. The van der Waals surface area contributed by atoms with Crippen LogP contribution in [0.5, 0.6) is 0 Å². The minimum Gasteiger partial charge on any atom is -0.465 e. The van der Waals surface area contributed by atoms with Crippen LogP contribution in [0.4, 0.5) is 4.39 Å². The average Bonchev–Trinajstić information content (AvgIpc) is 3.93. The first-order valence-electron chi connectivity index (χ1n) is 15.6. The second-order valence-corrected chi connectivity index (χ2v) is 15.1. The molecule has 6 aromatic heterocycles. The van der Waals surface area contributed by atoms with Crippen LogP contribution in [-0.2, 0) is 4.74 Å². The van der Waals surface area contributed by atoms with Gasteiger partial charge in [0.1, 0.15) is 53.3 Å². The normalized spacial score (nSPS) is 10.9. The number of fused-ring (bicyclic) bond motifs is 3. The van der Waals surface area contributed by atoms with Crippen LogP contribution in [0.1, 0.15) is 9.67 Å². The van der Waals surface area contributed by atoms with Crippen LogP contribution in [0.2, 0.25) is 20.7 Å². The van der Waals surface area contributed by atoms with E-state index in [0.717, 1.165) is 53.8 Å². The van der Waals surface area contributed by atoms with Gasteiger partial charge in [-0.25, -0.2) is 39.1 Å². The average molecular weight is 851 g/mol. The molecule has 0 bridgehead atoms. The number of benzene rings is 3. The summed E-state index contributed by atoms with van der Waals surface area (Å²) >= 11 is 28.4. The molecule has 0 saturated heterocycles. The second kappa shape index (κ2) is 16.8. The molecule has 9 rings (SSSR count). The van der Waals surface area contributed by atoms with Crippen molar-refractivity contribution in [3.63, 3.8) is 0 Å². The van der Waals surface area contributed by atoms with Gasteiger partial charge in [0.2, 0.25) is 5.28 Å². The Kier molecular flexibility index (Phi) is 11.7. The Morgan fingerprint density at radius 3 is 1.78 bits per heavy atom. The molecule has 3 aromatic carbocycles. The molecule has 0 fully saturated rings. The van der Waals surface area contributed by atoms with E-state index in [4.69, 9.17) is 51.1 Å². The first-order chi connectivity index (χ1) is 26.2. The smallest absolute Gasteiger partial charge is 0.348 e. The Bertz CT molecular complexity index is 2750. The Morgan fingerprint density at radius 2 is 1.15 bits per heavy atom. The van der Waals surface area contributed by atoms with Crippen LogP contribution in [0.25, 0.3) is 64.0 Å². The number of carbonyl (C=O) groups excluding carboxylic acids is 1. The van der Waals surface area contributed by atoms with Crippen molar-refractivity contribution in [2.45, 2.75) is 0 Å². The van der Waals surface area contributed by atoms with Crippen molar-refractivity contribution in [1.29, 1.82) is 0 Å². The molecule has 8 nitrogen and oxygen atoms in total. The number of nitrogens with zero attached hydrogens (tertiary/aromatic N) is 6. The van der Waals surface area contributed by atoms with Gasteiger partial charge in [-0.1, -0.05) is 108 Å². The summed E-state index contributed by atoms with van der Waals surface area (Å²) in [6.07, 6.45) is 2.83. The SMILES string of the molecule is COC(=O)c1sc2ncnc(Cl)c2c1-c1ccccc1.Clc1nc(Cl)c2c(-c3ccccc3)csc2n1.Fc1ccc(-c2csc3ncnc(Cl)c23)cc1. The van der Waals surface area contributed by atoms with Gasteiger partial charge in [0.15, 0.2) is 0 Å². The highest BCUT2D eigenvalue weighted by Crippen LogP contribution is 2.41. The fourth-order valence-electron chi connectivity index (χ4n) is 5.40. The van der Waals surface area contributed by atoms with Gasteiger partial charge in [0.25, 0.3) is 0 Å².